The number of sulfonamides is 1. The Kier molecular flexibility index (Phi) is 8.11. The predicted molar refractivity (Wildman–Crippen MR) is 123 cm³/mol. The minimum atomic E-state index is -3.62. The molecule has 3 rings (SSSR count). The summed E-state index contributed by atoms with van der Waals surface area (Å²) >= 11 is 0. The van der Waals surface area contributed by atoms with Gasteiger partial charge >= 0.3 is 0 Å². The van der Waals surface area contributed by atoms with E-state index >= 15 is 0 Å². The number of hydrogen-bond acceptors (Lipinski definition) is 6. The summed E-state index contributed by atoms with van der Waals surface area (Å²) in [5.74, 6) is 1.98. The molecule has 1 aliphatic heterocycles. The van der Waals surface area contributed by atoms with E-state index in [1.54, 1.807) is 55.4 Å². The van der Waals surface area contributed by atoms with Crippen LogP contribution in [0.3, 0.4) is 0 Å². The Morgan fingerprint density at radius 1 is 0.906 bits per heavy atom. The molecule has 9 heteroatoms. The lowest BCUT2D eigenvalue weighted by molar-refractivity contribution is -0.129. The first-order valence-corrected chi connectivity index (χ1v) is 12.2. The topological polar surface area (TPSA) is 79.4 Å². The zero-order valence-corrected chi connectivity index (χ0v) is 19.7. The summed E-state index contributed by atoms with van der Waals surface area (Å²) in [4.78, 5) is 15.8. The van der Waals surface area contributed by atoms with Crippen LogP contribution in [-0.4, -0.2) is 81.9 Å². The molecule has 0 aromatic heterocycles. The monoisotopic (exact) mass is 461 g/mol. The van der Waals surface area contributed by atoms with Crippen molar-refractivity contribution in [1.82, 2.24) is 14.1 Å². The maximum atomic E-state index is 13.1. The van der Waals surface area contributed by atoms with Gasteiger partial charge in [-0.2, -0.15) is 4.31 Å². The van der Waals surface area contributed by atoms with Crippen molar-refractivity contribution in [2.45, 2.75) is 18.2 Å². The molecule has 1 amide bonds. The van der Waals surface area contributed by atoms with E-state index in [-0.39, 0.29) is 10.8 Å². The van der Waals surface area contributed by atoms with E-state index in [0.717, 1.165) is 5.75 Å². The van der Waals surface area contributed by atoms with Crippen molar-refractivity contribution in [3.63, 3.8) is 0 Å². The van der Waals surface area contributed by atoms with Crippen molar-refractivity contribution in [2.24, 2.45) is 0 Å². The molecule has 0 bridgehead atoms. The van der Waals surface area contributed by atoms with E-state index in [2.05, 4.69) is 0 Å². The maximum Gasteiger partial charge on any atom is 0.243 e. The molecular weight excluding hydrogens is 430 g/mol. The summed E-state index contributed by atoms with van der Waals surface area (Å²) in [7, 11) is -0.171. The van der Waals surface area contributed by atoms with Crippen LogP contribution in [0.5, 0.6) is 17.2 Å². The highest BCUT2D eigenvalue weighted by Crippen LogP contribution is 2.26. The van der Waals surface area contributed by atoms with Crippen molar-refractivity contribution >= 4 is 15.9 Å². The molecule has 1 aliphatic rings. The zero-order valence-electron chi connectivity index (χ0n) is 18.9. The summed E-state index contributed by atoms with van der Waals surface area (Å²) in [5, 5.41) is 0. The summed E-state index contributed by atoms with van der Waals surface area (Å²) in [6, 6.07) is 13.7. The Balaban J connectivity index is 1.62. The molecular formula is C23H31N3O5S. The Morgan fingerprint density at radius 3 is 2.09 bits per heavy atom. The smallest absolute Gasteiger partial charge is 0.243 e. The fourth-order valence-corrected chi connectivity index (χ4v) is 4.88. The quantitative estimate of drug-likeness (QED) is 0.601. The average Bonchev–Trinajstić information content (AvgIpc) is 3.02. The molecule has 8 nitrogen and oxygen atoms in total. The van der Waals surface area contributed by atoms with Crippen LogP contribution in [0.15, 0.2) is 53.4 Å². The molecule has 2 aromatic rings. The molecule has 32 heavy (non-hydrogen) atoms. The summed E-state index contributed by atoms with van der Waals surface area (Å²) in [6.45, 7) is 4.83. The SMILES string of the molecule is CCOc1ccc(Oc2ccc(S(=O)(=O)N3CCCN(CC(=O)N(C)C)CC3)cc2)cc1. The van der Waals surface area contributed by atoms with Crippen LogP contribution in [0.2, 0.25) is 0 Å². The Morgan fingerprint density at radius 2 is 1.50 bits per heavy atom. The Hall–Kier alpha value is -2.62. The lowest BCUT2D eigenvalue weighted by atomic mass is 10.3. The van der Waals surface area contributed by atoms with Gasteiger partial charge in [0.1, 0.15) is 17.2 Å². The van der Waals surface area contributed by atoms with Gasteiger partial charge < -0.3 is 14.4 Å². The molecule has 2 aromatic carbocycles. The van der Waals surface area contributed by atoms with Crippen molar-refractivity contribution in [3.05, 3.63) is 48.5 Å². The van der Waals surface area contributed by atoms with E-state index in [1.807, 2.05) is 24.0 Å². The third-order valence-electron chi connectivity index (χ3n) is 5.24. The van der Waals surface area contributed by atoms with Gasteiger partial charge in [-0.3, -0.25) is 9.69 Å². The highest BCUT2D eigenvalue weighted by molar-refractivity contribution is 7.89. The standard InChI is InChI=1S/C23H31N3O5S/c1-4-30-19-6-8-20(9-7-19)31-21-10-12-22(13-11-21)32(28,29)26-15-5-14-25(16-17-26)18-23(27)24(2)3/h6-13H,4-5,14-18H2,1-3H3. The lowest BCUT2D eigenvalue weighted by Gasteiger charge is -2.22. The second-order valence-electron chi connectivity index (χ2n) is 7.80. The Bertz CT molecular complexity index is 991. The van der Waals surface area contributed by atoms with E-state index in [9.17, 15) is 13.2 Å². The molecule has 0 N–H and O–H groups in total. The average molecular weight is 462 g/mol. The Labute approximate surface area is 190 Å². The van der Waals surface area contributed by atoms with Crippen molar-refractivity contribution in [1.29, 1.82) is 0 Å². The van der Waals surface area contributed by atoms with E-state index in [1.165, 1.54) is 4.31 Å². The van der Waals surface area contributed by atoms with Gasteiger partial charge in [-0.05, 0) is 68.4 Å². The van der Waals surface area contributed by atoms with E-state index in [4.69, 9.17) is 9.47 Å². The number of hydrogen-bond donors (Lipinski definition) is 0. The molecule has 0 unspecified atom stereocenters. The first-order chi connectivity index (χ1) is 15.3. The highest BCUT2D eigenvalue weighted by Gasteiger charge is 2.27. The van der Waals surface area contributed by atoms with Crippen molar-refractivity contribution in [2.75, 3.05) is 53.4 Å². The largest absolute Gasteiger partial charge is 0.494 e. The van der Waals surface area contributed by atoms with Crippen molar-refractivity contribution < 1.29 is 22.7 Å². The third kappa shape index (κ3) is 6.21. The summed E-state index contributed by atoms with van der Waals surface area (Å²) in [6.07, 6.45) is 0.679. The van der Waals surface area contributed by atoms with Crippen LogP contribution in [0.1, 0.15) is 13.3 Å². The van der Waals surface area contributed by atoms with Gasteiger partial charge in [0.25, 0.3) is 0 Å². The molecule has 174 valence electrons. The van der Waals surface area contributed by atoms with E-state index in [0.29, 0.717) is 57.3 Å². The van der Waals surface area contributed by atoms with Gasteiger partial charge in [0.05, 0.1) is 18.0 Å². The second kappa shape index (κ2) is 10.8. The van der Waals surface area contributed by atoms with Gasteiger partial charge in [-0.1, -0.05) is 0 Å². The summed E-state index contributed by atoms with van der Waals surface area (Å²) in [5.41, 5.74) is 0. The third-order valence-corrected chi connectivity index (χ3v) is 7.15. The number of carbonyl (C=O) groups is 1. The lowest BCUT2D eigenvalue weighted by Crippen LogP contribution is -2.39. The minimum absolute atomic E-state index is 0.0180. The highest BCUT2D eigenvalue weighted by atomic mass is 32.2. The molecule has 1 heterocycles. The first-order valence-electron chi connectivity index (χ1n) is 10.7. The molecule has 1 saturated heterocycles. The van der Waals surface area contributed by atoms with Crippen LogP contribution < -0.4 is 9.47 Å². The zero-order chi connectivity index (χ0) is 23.1. The number of carbonyl (C=O) groups excluding carboxylic acids is 1. The minimum Gasteiger partial charge on any atom is -0.494 e. The van der Waals surface area contributed by atoms with Crippen LogP contribution in [0.4, 0.5) is 0 Å². The molecule has 0 radical (unpaired) electrons. The van der Waals surface area contributed by atoms with Crippen LogP contribution in [0, 0.1) is 0 Å². The number of likely N-dealkylation sites (N-methyl/N-ethyl adjacent to an activating group) is 1. The van der Waals surface area contributed by atoms with Gasteiger partial charge in [0, 0.05) is 33.7 Å². The normalized spacial score (nSPS) is 15.7. The van der Waals surface area contributed by atoms with Crippen molar-refractivity contribution in [3.8, 4) is 17.2 Å². The van der Waals surface area contributed by atoms with E-state index < -0.39 is 10.0 Å². The number of ether oxygens (including phenoxy) is 2. The summed E-state index contributed by atoms with van der Waals surface area (Å²) < 4.78 is 39.0. The first kappa shape index (κ1) is 24.0. The predicted octanol–water partition coefficient (Wildman–Crippen LogP) is 2.66. The second-order valence-corrected chi connectivity index (χ2v) is 9.74. The number of rotatable bonds is 8. The van der Waals surface area contributed by atoms with Crippen LogP contribution >= 0.6 is 0 Å². The van der Waals surface area contributed by atoms with Crippen LogP contribution in [-0.2, 0) is 14.8 Å². The van der Waals surface area contributed by atoms with Gasteiger partial charge in [-0.25, -0.2) is 8.42 Å². The number of benzene rings is 2. The molecule has 0 aliphatic carbocycles. The fourth-order valence-electron chi connectivity index (χ4n) is 3.41. The molecule has 0 atom stereocenters. The number of amides is 1. The van der Waals surface area contributed by atoms with Gasteiger partial charge in [0.15, 0.2) is 0 Å². The maximum absolute atomic E-state index is 13.1. The van der Waals surface area contributed by atoms with Gasteiger partial charge in [0.2, 0.25) is 15.9 Å². The van der Waals surface area contributed by atoms with Gasteiger partial charge in [-0.15, -0.1) is 0 Å². The molecule has 1 fully saturated rings. The number of nitrogens with zero attached hydrogens (tertiary/aromatic N) is 3. The molecule has 0 spiro atoms. The van der Waals surface area contributed by atoms with Crippen LogP contribution in [0.25, 0.3) is 0 Å². The fraction of sp³-hybridized carbons (Fsp3) is 0.435. The molecule has 0 saturated carbocycles.